The summed E-state index contributed by atoms with van der Waals surface area (Å²) in [5.74, 6) is -0.267. The van der Waals surface area contributed by atoms with Crippen molar-refractivity contribution in [2.45, 2.75) is 4.90 Å². The largest absolute Gasteiger partial charge is 0.298 e. The molecule has 3 N–H and O–H groups in total. The van der Waals surface area contributed by atoms with Crippen molar-refractivity contribution in [3.05, 3.63) is 88.9 Å². The lowest BCUT2D eigenvalue weighted by atomic mass is 10.2. The summed E-state index contributed by atoms with van der Waals surface area (Å²) in [5.41, 5.74) is 5.38. The molecule has 4 aromatic rings. The van der Waals surface area contributed by atoms with E-state index in [-0.39, 0.29) is 5.91 Å². The minimum absolute atomic E-state index is 0.267. The molecule has 0 bridgehead atoms. The number of anilines is 2. The molecule has 2 heterocycles. The fourth-order valence-electron chi connectivity index (χ4n) is 2.59. The van der Waals surface area contributed by atoms with Gasteiger partial charge in [-0.05, 0) is 59.2 Å². The second-order valence-electron chi connectivity index (χ2n) is 6.22. The number of carbonyl (C=O) groups is 1. The highest BCUT2D eigenvalue weighted by Crippen LogP contribution is 2.25. The monoisotopic (exact) mass is 469 g/mol. The SMILES string of the molecule is O=C(Nc1nc(-c2ccccn2)cs1)c1ccc(SN(O)Nc2cccc(Cl)c2)cc1. The van der Waals surface area contributed by atoms with Crippen molar-refractivity contribution in [1.29, 1.82) is 0 Å². The highest BCUT2D eigenvalue weighted by Gasteiger charge is 2.11. The van der Waals surface area contributed by atoms with Gasteiger partial charge in [-0.15, -0.1) is 11.3 Å². The average Bonchev–Trinajstić information content (AvgIpc) is 3.23. The fraction of sp³-hybridized carbons (Fsp3) is 0. The fourth-order valence-corrected chi connectivity index (χ4v) is 4.09. The normalized spacial score (nSPS) is 10.8. The zero-order valence-corrected chi connectivity index (χ0v) is 18.3. The van der Waals surface area contributed by atoms with E-state index in [4.69, 9.17) is 11.6 Å². The van der Waals surface area contributed by atoms with Crippen LogP contribution in [0, 0.1) is 0 Å². The van der Waals surface area contributed by atoms with Crippen molar-refractivity contribution < 1.29 is 10.0 Å². The summed E-state index contributed by atoms with van der Waals surface area (Å²) in [6, 6.07) is 19.4. The molecule has 10 heteroatoms. The van der Waals surface area contributed by atoms with Crippen molar-refractivity contribution in [3.63, 3.8) is 0 Å². The summed E-state index contributed by atoms with van der Waals surface area (Å²) in [7, 11) is 0. The Morgan fingerprint density at radius 1 is 1.06 bits per heavy atom. The van der Waals surface area contributed by atoms with Gasteiger partial charge in [0.1, 0.15) is 5.69 Å². The summed E-state index contributed by atoms with van der Waals surface area (Å²) in [6.45, 7) is 0. The number of amides is 1. The lowest BCUT2D eigenvalue weighted by molar-refractivity contribution is 0.0438. The second kappa shape index (κ2) is 9.90. The molecule has 156 valence electrons. The molecule has 2 aromatic carbocycles. The molecule has 31 heavy (non-hydrogen) atoms. The van der Waals surface area contributed by atoms with Gasteiger partial charge in [-0.25, -0.2) is 4.98 Å². The molecule has 4 rings (SSSR count). The standard InChI is InChI=1S/C21H16ClN5O2S2/c22-15-4-3-5-16(12-15)26-27(29)31-17-9-7-14(8-10-17)20(28)25-21-24-19(13-30-21)18-6-1-2-11-23-18/h1-13,26,29H,(H,24,25,28). The molecule has 0 saturated carbocycles. The van der Waals surface area contributed by atoms with Crippen LogP contribution in [0.3, 0.4) is 0 Å². The Bertz CT molecular complexity index is 1170. The third-order valence-electron chi connectivity index (χ3n) is 4.01. The first kappa shape index (κ1) is 21.3. The number of hydrazine groups is 1. The molecular formula is C21H16ClN5O2S2. The molecule has 0 aliphatic rings. The number of nitrogens with zero attached hydrogens (tertiary/aromatic N) is 3. The van der Waals surface area contributed by atoms with Crippen molar-refractivity contribution in [1.82, 2.24) is 14.5 Å². The highest BCUT2D eigenvalue weighted by molar-refractivity contribution is 7.97. The summed E-state index contributed by atoms with van der Waals surface area (Å²) in [6.07, 6.45) is 1.70. The number of benzene rings is 2. The Morgan fingerprint density at radius 3 is 2.65 bits per heavy atom. The lowest BCUT2D eigenvalue weighted by Crippen LogP contribution is -2.18. The van der Waals surface area contributed by atoms with Gasteiger partial charge in [0.25, 0.3) is 5.91 Å². The zero-order chi connectivity index (χ0) is 21.6. The molecule has 0 aliphatic carbocycles. The van der Waals surface area contributed by atoms with E-state index in [0.29, 0.717) is 27.1 Å². The number of pyridine rings is 1. The first-order chi connectivity index (χ1) is 15.1. The number of halogens is 1. The van der Waals surface area contributed by atoms with Gasteiger partial charge in [-0.3, -0.25) is 25.7 Å². The van der Waals surface area contributed by atoms with Crippen LogP contribution in [0.2, 0.25) is 5.02 Å². The van der Waals surface area contributed by atoms with Gasteiger partial charge >= 0.3 is 0 Å². The smallest absolute Gasteiger partial charge is 0.257 e. The van der Waals surface area contributed by atoms with Gasteiger partial charge in [0.15, 0.2) is 5.13 Å². The minimum Gasteiger partial charge on any atom is -0.298 e. The van der Waals surface area contributed by atoms with Crippen molar-refractivity contribution in [2.75, 3.05) is 10.7 Å². The molecule has 0 unspecified atom stereocenters. The van der Waals surface area contributed by atoms with Gasteiger partial charge in [-0.1, -0.05) is 23.7 Å². The zero-order valence-electron chi connectivity index (χ0n) is 15.9. The predicted molar refractivity (Wildman–Crippen MR) is 124 cm³/mol. The molecule has 0 spiro atoms. The van der Waals surface area contributed by atoms with Crippen molar-refractivity contribution in [3.8, 4) is 11.4 Å². The topological polar surface area (TPSA) is 90.4 Å². The van der Waals surface area contributed by atoms with E-state index in [1.807, 2.05) is 23.6 Å². The maximum atomic E-state index is 12.5. The van der Waals surface area contributed by atoms with E-state index < -0.39 is 0 Å². The summed E-state index contributed by atoms with van der Waals surface area (Å²) in [5, 5.41) is 15.8. The number of carbonyl (C=O) groups excluding carboxylic acids is 1. The Kier molecular flexibility index (Phi) is 6.80. The van der Waals surface area contributed by atoms with Crippen molar-refractivity contribution >= 4 is 51.6 Å². The molecule has 7 nitrogen and oxygen atoms in total. The van der Waals surface area contributed by atoms with E-state index in [9.17, 15) is 10.0 Å². The van der Waals surface area contributed by atoms with Gasteiger partial charge in [0, 0.05) is 39.0 Å². The van der Waals surface area contributed by atoms with Gasteiger partial charge in [-0.2, -0.15) is 0 Å². The number of rotatable bonds is 7. The molecular weight excluding hydrogens is 454 g/mol. The first-order valence-corrected chi connectivity index (χ1v) is 11.1. The number of hydrogen-bond acceptors (Lipinski definition) is 8. The minimum atomic E-state index is -0.267. The van der Waals surface area contributed by atoms with E-state index in [0.717, 1.165) is 27.1 Å². The Hall–Kier alpha value is -2.95. The number of aromatic nitrogens is 2. The first-order valence-electron chi connectivity index (χ1n) is 9.04. The summed E-state index contributed by atoms with van der Waals surface area (Å²) >= 11 is 8.33. The predicted octanol–water partition coefficient (Wildman–Crippen LogP) is 5.84. The Morgan fingerprint density at radius 2 is 1.90 bits per heavy atom. The second-order valence-corrected chi connectivity index (χ2v) is 8.51. The van der Waals surface area contributed by atoms with E-state index in [1.54, 1.807) is 54.7 Å². The number of hydrogen-bond donors (Lipinski definition) is 3. The summed E-state index contributed by atoms with van der Waals surface area (Å²) in [4.78, 5) is 21.9. The van der Waals surface area contributed by atoms with Crippen LogP contribution < -0.4 is 10.7 Å². The Labute approximate surface area is 191 Å². The van der Waals surface area contributed by atoms with Gasteiger partial charge in [0.05, 0.1) is 11.4 Å². The third-order valence-corrected chi connectivity index (χ3v) is 5.75. The molecule has 0 fully saturated rings. The van der Waals surface area contributed by atoms with Crippen LogP contribution in [-0.4, -0.2) is 25.7 Å². The molecule has 0 radical (unpaired) electrons. The van der Waals surface area contributed by atoms with Crippen molar-refractivity contribution in [2.24, 2.45) is 0 Å². The van der Waals surface area contributed by atoms with Gasteiger partial charge < -0.3 is 0 Å². The quantitative estimate of drug-likeness (QED) is 0.231. The van der Waals surface area contributed by atoms with Crippen LogP contribution >= 0.6 is 34.9 Å². The van der Waals surface area contributed by atoms with E-state index in [2.05, 4.69) is 20.7 Å². The third kappa shape index (κ3) is 5.81. The highest BCUT2D eigenvalue weighted by atomic mass is 35.5. The van der Waals surface area contributed by atoms with Crippen LogP contribution in [0.5, 0.6) is 0 Å². The lowest BCUT2D eigenvalue weighted by Gasteiger charge is -2.16. The Balaban J connectivity index is 1.34. The molecule has 0 aliphatic heterocycles. The maximum Gasteiger partial charge on any atom is 0.257 e. The van der Waals surface area contributed by atoms with Crippen LogP contribution in [0.15, 0.2) is 83.2 Å². The maximum absolute atomic E-state index is 12.5. The van der Waals surface area contributed by atoms with E-state index in [1.165, 1.54) is 11.3 Å². The summed E-state index contributed by atoms with van der Waals surface area (Å²) < 4.78 is 0.870. The molecule has 1 amide bonds. The average molecular weight is 470 g/mol. The molecule has 2 aromatic heterocycles. The number of thiazole rings is 1. The molecule has 0 atom stereocenters. The van der Waals surface area contributed by atoms with E-state index >= 15 is 0 Å². The van der Waals surface area contributed by atoms with Crippen LogP contribution in [0.25, 0.3) is 11.4 Å². The van der Waals surface area contributed by atoms with Gasteiger partial charge in [0.2, 0.25) is 0 Å². The molecule has 0 saturated heterocycles. The van der Waals surface area contributed by atoms with Crippen LogP contribution in [-0.2, 0) is 0 Å². The van der Waals surface area contributed by atoms with Crippen LogP contribution in [0.1, 0.15) is 10.4 Å². The number of nitrogens with one attached hydrogen (secondary N) is 2. The van der Waals surface area contributed by atoms with Crippen LogP contribution in [0.4, 0.5) is 10.8 Å².